The summed E-state index contributed by atoms with van der Waals surface area (Å²) in [5, 5.41) is 6.40. The summed E-state index contributed by atoms with van der Waals surface area (Å²) in [6.07, 6.45) is 1.19. The van der Waals surface area contributed by atoms with Crippen LogP contribution in [0, 0.1) is 5.92 Å². The third kappa shape index (κ3) is 5.44. The highest BCUT2D eigenvalue weighted by molar-refractivity contribution is 6.30. The second-order valence-corrected chi connectivity index (χ2v) is 9.26. The molecule has 9 heteroatoms. The van der Waals surface area contributed by atoms with Gasteiger partial charge in [-0.15, -0.1) is 0 Å². The van der Waals surface area contributed by atoms with Crippen molar-refractivity contribution in [3.63, 3.8) is 0 Å². The molecule has 0 aromatic heterocycles. The molecule has 0 radical (unpaired) electrons. The number of nitrogens with one attached hydrogen (secondary N) is 2. The molecule has 0 aliphatic carbocycles. The fourth-order valence-corrected chi connectivity index (χ4v) is 4.37. The van der Waals surface area contributed by atoms with E-state index in [2.05, 4.69) is 10.6 Å². The van der Waals surface area contributed by atoms with E-state index in [-0.39, 0.29) is 36.5 Å². The number of nitrogens with zero attached hydrogens (tertiary/aromatic N) is 1. The summed E-state index contributed by atoms with van der Waals surface area (Å²) in [6, 6.07) is 11.0. The number of likely N-dealkylation sites (tertiary alicyclic amines) is 1. The Bertz CT molecular complexity index is 1060. The number of rotatable bonds is 6. The minimum atomic E-state index is -0.715. The minimum Gasteiger partial charge on any atom is -0.454 e. The van der Waals surface area contributed by atoms with Gasteiger partial charge in [0.1, 0.15) is 6.04 Å². The first-order chi connectivity index (χ1) is 16.3. The first kappa shape index (κ1) is 23.9. The molecule has 2 aliphatic rings. The van der Waals surface area contributed by atoms with E-state index < -0.39 is 6.04 Å². The number of ether oxygens (including phenoxy) is 2. The number of hydrogen-bond acceptors (Lipinski definition) is 5. The van der Waals surface area contributed by atoms with E-state index in [1.807, 2.05) is 13.8 Å². The Morgan fingerprint density at radius 1 is 0.941 bits per heavy atom. The maximum Gasteiger partial charge on any atom is 0.253 e. The third-order valence-electron chi connectivity index (χ3n) is 6.02. The summed E-state index contributed by atoms with van der Waals surface area (Å²) in [4.78, 5) is 40.6. The molecule has 2 aliphatic heterocycles. The van der Waals surface area contributed by atoms with Crippen LogP contribution in [-0.4, -0.2) is 54.6 Å². The molecule has 34 heavy (non-hydrogen) atoms. The summed E-state index contributed by atoms with van der Waals surface area (Å²) in [5.74, 6) is 0.329. The van der Waals surface area contributed by atoms with Gasteiger partial charge in [0.05, 0.1) is 0 Å². The standard InChI is InChI=1S/C25H28ClN3O5/c1-15(2)27-24(31)22(28-23(30)18-5-8-20-21(13-18)34-14-33-20)16-9-11-29(12-10-16)25(32)17-3-6-19(26)7-4-17/h3-8,13,15-16,22H,9-12,14H2,1-2H3,(H,27,31)(H,28,30)/t22-/m0/s1. The van der Waals surface area contributed by atoms with Crippen LogP contribution in [0.1, 0.15) is 47.4 Å². The highest BCUT2D eigenvalue weighted by Crippen LogP contribution is 2.32. The molecule has 1 atom stereocenters. The van der Waals surface area contributed by atoms with Crippen molar-refractivity contribution >= 4 is 29.3 Å². The van der Waals surface area contributed by atoms with Crippen LogP contribution >= 0.6 is 11.6 Å². The average Bonchev–Trinajstić information content (AvgIpc) is 3.30. The number of fused-ring (bicyclic) bond motifs is 1. The van der Waals surface area contributed by atoms with Gasteiger partial charge in [0.25, 0.3) is 11.8 Å². The molecule has 3 amide bonds. The summed E-state index contributed by atoms with van der Waals surface area (Å²) in [7, 11) is 0. The van der Waals surface area contributed by atoms with Crippen molar-refractivity contribution in [3.8, 4) is 11.5 Å². The first-order valence-corrected chi connectivity index (χ1v) is 11.8. The Hall–Kier alpha value is -3.26. The maximum absolute atomic E-state index is 13.0. The van der Waals surface area contributed by atoms with Crippen LogP contribution in [0.3, 0.4) is 0 Å². The number of carbonyl (C=O) groups excluding carboxylic acids is 3. The topological polar surface area (TPSA) is 97.0 Å². The molecule has 2 aromatic rings. The number of benzene rings is 2. The molecule has 0 spiro atoms. The lowest BCUT2D eigenvalue weighted by Crippen LogP contribution is -2.54. The predicted molar refractivity (Wildman–Crippen MR) is 127 cm³/mol. The summed E-state index contributed by atoms with van der Waals surface area (Å²) >= 11 is 5.92. The molecule has 8 nitrogen and oxygen atoms in total. The van der Waals surface area contributed by atoms with Gasteiger partial charge < -0.3 is 25.0 Å². The zero-order valence-electron chi connectivity index (χ0n) is 19.2. The van der Waals surface area contributed by atoms with Crippen LogP contribution in [0.25, 0.3) is 0 Å². The van der Waals surface area contributed by atoms with E-state index in [1.54, 1.807) is 47.4 Å². The number of carbonyl (C=O) groups is 3. The molecular weight excluding hydrogens is 458 g/mol. The molecule has 0 unspecified atom stereocenters. The van der Waals surface area contributed by atoms with Crippen LogP contribution < -0.4 is 20.1 Å². The van der Waals surface area contributed by atoms with Gasteiger partial charge in [-0.3, -0.25) is 14.4 Å². The van der Waals surface area contributed by atoms with Gasteiger partial charge in [0.2, 0.25) is 12.7 Å². The fourth-order valence-electron chi connectivity index (χ4n) is 4.25. The Morgan fingerprint density at radius 2 is 1.59 bits per heavy atom. The highest BCUT2D eigenvalue weighted by Gasteiger charge is 2.34. The largest absolute Gasteiger partial charge is 0.454 e. The van der Waals surface area contributed by atoms with Crippen LogP contribution in [0.2, 0.25) is 5.02 Å². The van der Waals surface area contributed by atoms with E-state index in [0.717, 1.165) is 0 Å². The maximum atomic E-state index is 13.0. The second kappa shape index (κ2) is 10.3. The van der Waals surface area contributed by atoms with E-state index >= 15 is 0 Å². The molecule has 2 aromatic carbocycles. The lowest BCUT2D eigenvalue weighted by Gasteiger charge is -2.36. The van der Waals surface area contributed by atoms with Crippen LogP contribution in [-0.2, 0) is 4.79 Å². The average molecular weight is 486 g/mol. The van der Waals surface area contributed by atoms with Gasteiger partial charge in [0, 0.05) is 35.3 Å². The lowest BCUT2D eigenvalue weighted by molar-refractivity contribution is -0.125. The van der Waals surface area contributed by atoms with Crippen molar-refractivity contribution in [2.45, 2.75) is 38.8 Å². The van der Waals surface area contributed by atoms with Crippen molar-refractivity contribution in [2.24, 2.45) is 5.92 Å². The van der Waals surface area contributed by atoms with Gasteiger partial charge >= 0.3 is 0 Å². The Labute approximate surface area is 203 Å². The van der Waals surface area contributed by atoms with E-state index in [9.17, 15) is 14.4 Å². The lowest BCUT2D eigenvalue weighted by atomic mass is 9.88. The van der Waals surface area contributed by atoms with E-state index in [0.29, 0.717) is 53.6 Å². The van der Waals surface area contributed by atoms with Gasteiger partial charge in [-0.25, -0.2) is 0 Å². The first-order valence-electron chi connectivity index (χ1n) is 11.4. The van der Waals surface area contributed by atoms with Gasteiger partial charge in [-0.2, -0.15) is 0 Å². The molecule has 1 saturated heterocycles. The van der Waals surface area contributed by atoms with Gasteiger partial charge in [0.15, 0.2) is 11.5 Å². The molecule has 0 saturated carbocycles. The van der Waals surface area contributed by atoms with Crippen molar-refractivity contribution in [3.05, 3.63) is 58.6 Å². The van der Waals surface area contributed by atoms with Gasteiger partial charge in [-0.05, 0) is 75.1 Å². The molecule has 180 valence electrons. The summed E-state index contributed by atoms with van der Waals surface area (Å²) < 4.78 is 10.7. The Morgan fingerprint density at radius 3 is 2.26 bits per heavy atom. The normalized spacial score (nSPS) is 16.3. The molecule has 2 N–H and O–H groups in total. The van der Waals surface area contributed by atoms with Crippen LogP contribution in [0.15, 0.2) is 42.5 Å². The molecule has 2 heterocycles. The molecular formula is C25H28ClN3O5. The minimum absolute atomic E-state index is 0.0657. The van der Waals surface area contributed by atoms with Gasteiger partial charge in [-0.1, -0.05) is 11.6 Å². The number of hydrogen-bond donors (Lipinski definition) is 2. The van der Waals surface area contributed by atoms with Crippen molar-refractivity contribution in [2.75, 3.05) is 19.9 Å². The smallest absolute Gasteiger partial charge is 0.253 e. The van der Waals surface area contributed by atoms with Crippen LogP contribution in [0.5, 0.6) is 11.5 Å². The van der Waals surface area contributed by atoms with E-state index in [1.165, 1.54) is 0 Å². The number of piperidine rings is 1. The van der Waals surface area contributed by atoms with Crippen molar-refractivity contribution < 1.29 is 23.9 Å². The third-order valence-corrected chi connectivity index (χ3v) is 6.28. The van der Waals surface area contributed by atoms with Crippen molar-refractivity contribution in [1.82, 2.24) is 15.5 Å². The number of halogens is 1. The zero-order valence-corrected chi connectivity index (χ0v) is 19.9. The van der Waals surface area contributed by atoms with Crippen molar-refractivity contribution in [1.29, 1.82) is 0 Å². The highest BCUT2D eigenvalue weighted by atomic mass is 35.5. The monoisotopic (exact) mass is 485 g/mol. The fraction of sp³-hybridized carbons (Fsp3) is 0.400. The Balaban J connectivity index is 1.44. The Kier molecular flexibility index (Phi) is 7.26. The van der Waals surface area contributed by atoms with E-state index in [4.69, 9.17) is 21.1 Å². The second-order valence-electron chi connectivity index (χ2n) is 8.82. The molecule has 1 fully saturated rings. The quantitative estimate of drug-likeness (QED) is 0.654. The summed E-state index contributed by atoms with van der Waals surface area (Å²) in [5.41, 5.74) is 0.968. The number of amides is 3. The molecule has 0 bridgehead atoms. The zero-order chi connectivity index (χ0) is 24.2. The summed E-state index contributed by atoms with van der Waals surface area (Å²) in [6.45, 7) is 4.87. The van der Waals surface area contributed by atoms with Crippen LogP contribution in [0.4, 0.5) is 0 Å². The predicted octanol–water partition coefficient (Wildman–Crippen LogP) is 3.24. The SMILES string of the molecule is CC(C)NC(=O)[C@@H](NC(=O)c1ccc2c(c1)OCO2)C1CCN(C(=O)c2ccc(Cl)cc2)CC1. The molecule has 4 rings (SSSR count).